The maximum absolute atomic E-state index is 12.5. The molecule has 2 saturated heterocycles. The van der Waals surface area contributed by atoms with Crippen LogP contribution in [0.4, 0.5) is 4.79 Å². The van der Waals surface area contributed by atoms with Crippen LogP contribution in [0.25, 0.3) is 0 Å². The predicted octanol–water partition coefficient (Wildman–Crippen LogP) is 1.46. The zero-order valence-electron chi connectivity index (χ0n) is 21.3. The van der Waals surface area contributed by atoms with Crippen molar-refractivity contribution in [2.24, 2.45) is 11.8 Å². The highest BCUT2D eigenvalue weighted by atomic mass is 32.2. The van der Waals surface area contributed by atoms with Crippen LogP contribution < -0.4 is 21.3 Å². The van der Waals surface area contributed by atoms with Gasteiger partial charge in [-0.15, -0.1) is 0 Å². The van der Waals surface area contributed by atoms with E-state index >= 15 is 0 Å². The maximum atomic E-state index is 12.5. The minimum Gasteiger partial charge on any atom is -0.356 e. The fourth-order valence-electron chi connectivity index (χ4n) is 5.67. The molecule has 6 amide bonds. The lowest BCUT2D eigenvalue weighted by molar-refractivity contribution is -0.138. The van der Waals surface area contributed by atoms with Crippen molar-refractivity contribution in [2.45, 2.75) is 81.5 Å². The maximum Gasteiger partial charge on any atom is 0.315 e. The molecule has 1 aliphatic carbocycles. The van der Waals surface area contributed by atoms with Gasteiger partial charge in [0.25, 0.3) is 11.8 Å². The number of rotatable bonds is 13. The molecule has 4 aliphatic rings. The number of urea groups is 1. The Balaban J connectivity index is 0.969. The van der Waals surface area contributed by atoms with Crippen molar-refractivity contribution in [3.63, 3.8) is 0 Å². The molecular formula is C26H39N5O5S. The molecule has 37 heavy (non-hydrogen) atoms. The van der Waals surface area contributed by atoms with Gasteiger partial charge in [0.15, 0.2) is 0 Å². The smallest absolute Gasteiger partial charge is 0.315 e. The van der Waals surface area contributed by atoms with Crippen LogP contribution in [0.1, 0.15) is 64.2 Å². The highest BCUT2D eigenvalue weighted by Gasteiger charge is 2.42. The fraction of sp³-hybridized carbons (Fsp3) is 0.731. The number of fused-ring (bicyclic) bond motifs is 1. The van der Waals surface area contributed by atoms with E-state index < -0.39 is 0 Å². The van der Waals surface area contributed by atoms with Gasteiger partial charge in [-0.2, -0.15) is 11.8 Å². The summed E-state index contributed by atoms with van der Waals surface area (Å²) < 4.78 is 0. The van der Waals surface area contributed by atoms with Crippen molar-refractivity contribution in [2.75, 3.05) is 25.4 Å². The van der Waals surface area contributed by atoms with E-state index in [0.717, 1.165) is 63.5 Å². The van der Waals surface area contributed by atoms with Gasteiger partial charge in [0.1, 0.15) is 0 Å². The third-order valence-corrected chi connectivity index (χ3v) is 9.37. The van der Waals surface area contributed by atoms with Gasteiger partial charge in [-0.25, -0.2) is 4.79 Å². The summed E-state index contributed by atoms with van der Waals surface area (Å²) in [6, 6.07) is 0.403. The van der Waals surface area contributed by atoms with Crippen molar-refractivity contribution < 1.29 is 24.0 Å². The van der Waals surface area contributed by atoms with Gasteiger partial charge in [0, 0.05) is 55.1 Å². The number of imide groups is 1. The van der Waals surface area contributed by atoms with Crippen molar-refractivity contribution >= 4 is 41.4 Å². The lowest BCUT2D eigenvalue weighted by Crippen LogP contribution is -2.38. The van der Waals surface area contributed by atoms with Crippen molar-refractivity contribution in [1.29, 1.82) is 0 Å². The average Bonchev–Trinajstić information content (AvgIpc) is 3.54. The molecule has 0 radical (unpaired) electrons. The molecule has 4 N–H and O–H groups in total. The topological polar surface area (TPSA) is 137 Å². The van der Waals surface area contributed by atoms with Crippen LogP contribution in [0.2, 0.25) is 0 Å². The predicted molar refractivity (Wildman–Crippen MR) is 141 cm³/mol. The van der Waals surface area contributed by atoms with Crippen molar-refractivity contribution in [3.8, 4) is 0 Å². The van der Waals surface area contributed by atoms with Crippen LogP contribution in [-0.4, -0.2) is 77.3 Å². The number of carbonyl (C=O) groups excluding carboxylic acids is 5. The Hall–Kier alpha value is -2.56. The number of unbranched alkanes of at least 4 members (excludes halogenated alkanes) is 2. The molecule has 3 aliphatic heterocycles. The number of carbonyl (C=O) groups is 5. The largest absolute Gasteiger partial charge is 0.356 e. The molecular weight excluding hydrogens is 494 g/mol. The van der Waals surface area contributed by atoms with E-state index in [0.29, 0.717) is 31.3 Å². The fourth-order valence-corrected chi connectivity index (χ4v) is 7.22. The summed E-state index contributed by atoms with van der Waals surface area (Å²) in [5.41, 5.74) is 0. The number of thioether (sulfide) groups is 1. The molecule has 1 saturated carbocycles. The molecule has 0 aromatic heterocycles. The van der Waals surface area contributed by atoms with Gasteiger partial charge in [-0.1, -0.05) is 6.42 Å². The van der Waals surface area contributed by atoms with Gasteiger partial charge in [-0.3, -0.25) is 24.1 Å². The second-order valence-corrected chi connectivity index (χ2v) is 11.8. The Morgan fingerprint density at radius 2 is 1.62 bits per heavy atom. The normalized spacial score (nSPS) is 28.7. The van der Waals surface area contributed by atoms with E-state index in [1.807, 2.05) is 11.8 Å². The van der Waals surface area contributed by atoms with Gasteiger partial charge >= 0.3 is 6.03 Å². The van der Waals surface area contributed by atoms with Gasteiger partial charge < -0.3 is 21.3 Å². The lowest BCUT2D eigenvalue weighted by atomic mass is 9.81. The van der Waals surface area contributed by atoms with E-state index in [1.54, 1.807) is 0 Å². The molecule has 3 heterocycles. The number of nitrogens with one attached hydrogen (secondary N) is 4. The summed E-state index contributed by atoms with van der Waals surface area (Å²) in [6.07, 6.45) is 10.9. The zero-order valence-corrected chi connectivity index (χ0v) is 22.2. The highest BCUT2D eigenvalue weighted by molar-refractivity contribution is 8.00. The quantitative estimate of drug-likeness (QED) is 0.161. The Labute approximate surface area is 222 Å². The standard InChI is InChI=1S/C26H39N5O5S/c32-21(6-2-1-5-20-24-19(16-37-20)29-26(36)30-24)27-13-3-4-14-28-25(35)18-9-7-17(8-10-18)15-31-22(33)11-12-23(31)34/h11-12,17-20,24H,1-10,13-16H2,(H,27,32)(H,28,35)(H2,29,30,36)/t17?,18?,19-,20?,24-/m0/s1. The first-order valence-electron chi connectivity index (χ1n) is 13.7. The number of amides is 6. The second kappa shape index (κ2) is 13.3. The Kier molecular flexibility index (Phi) is 9.88. The molecule has 3 atom stereocenters. The first kappa shape index (κ1) is 27.5. The zero-order chi connectivity index (χ0) is 26.2. The van der Waals surface area contributed by atoms with Crippen LogP contribution in [-0.2, 0) is 19.2 Å². The summed E-state index contributed by atoms with van der Waals surface area (Å²) in [5.74, 6) is 0.891. The first-order chi connectivity index (χ1) is 17.9. The summed E-state index contributed by atoms with van der Waals surface area (Å²) >= 11 is 1.90. The van der Waals surface area contributed by atoms with E-state index in [1.165, 1.54) is 17.1 Å². The molecule has 0 aromatic carbocycles. The van der Waals surface area contributed by atoms with E-state index in [9.17, 15) is 24.0 Å². The van der Waals surface area contributed by atoms with Crippen molar-refractivity contribution in [1.82, 2.24) is 26.2 Å². The average molecular weight is 534 g/mol. The highest BCUT2D eigenvalue weighted by Crippen LogP contribution is 2.33. The molecule has 11 heteroatoms. The van der Waals surface area contributed by atoms with Crippen LogP contribution in [0, 0.1) is 11.8 Å². The Bertz CT molecular complexity index is 886. The van der Waals surface area contributed by atoms with Crippen LogP contribution in [0.15, 0.2) is 12.2 Å². The number of hydrogen-bond donors (Lipinski definition) is 4. The summed E-state index contributed by atoms with van der Waals surface area (Å²) in [7, 11) is 0. The molecule has 1 unspecified atom stereocenters. The van der Waals surface area contributed by atoms with Crippen LogP contribution in [0.3, 0.4) is 0 Å². The minimum absolute atomic E-state index is 0.00576. The molecule has 0 bridgehead atoms. The molecule has 3 fully saturated rings. The monoisotopic (exact) mass is 533 g/mol. The van der Waals surface area contributed by atoms with E-state index in [-0.39, 0.29) is 53.6 Å². The van der Waals surface area contributed by atoms with Gasteiger partial charge in [0.05, 0.1) is 12.1 Å². The van der Waals surface area contributed by atoms with Crippen LogP contribution >= 0.6 is 11.8 Å². The van der Waals surface area contributed by atoms with Gasteiger partial charge in [0.2, 0.25) is 11.8 Å². The molecule has 10 nitrogen and oxygen atoms in total. The molecule has 0 aromatic rings. The SMILES string of the molecule is O=C(CCCCC1SC[C@@H]2NC(=O)N[C@H]12)NCCCCNC(=O)C1CCC(CN2C(=O)C=CC2=O)CC1. The Morgan fingerprint density at radius 1 is 0.919 bits per heavy atom. The Morgan fingerprint density at radius 3 is 2.35 bits per heavy atom. The van der Waals surface area contributed by atoms with Gasteiger partial charge in [-0.05, 0) is 57.3 Å². The first-order valence-corrected chi connectivity index (χ1v) is 14.7. The second-order valence-electron chi connectivity index (χ2n) is 10.6. The minimum atomic E-state index is -0.239. The van der Waals surface area contributed by atoms with E-state index in [2.05, 4.69) is 21.3 Å². The van der Waals surface area contributed by atoms with Crippen molar-refractivity contribution in [3.05, 3.63) is 12.2 Å². The molecule has 4 rings (SSSR count). The molecule has 0 spiro atoms. The van der Waals surface area contributed by atoms with Crippen LogP contribution in [0.5, 0.6) is 0 Å². The summed E-state index contributed by atoms with van der Waals surface area (Å²) in [5, 5.41) is 12.4. The number of nitrogens with zero attached hydrogens (tertiary/aromatic N) is 1. The lowest BCUT2D eigenvalue weighted by Gasteiger charge is -2.30. The van der Waals surface area contributed by atoms with E-state index in [4.69, 9.17) is 0 Å². The number of hydrogen-bond acceptors (Lipinski definition) is 6. The molecule has 204 valence electrons. The third kappa shape index (κ3) is 7.72. The third-order valence-electron chi connectivity index (χ3n) is 7.86. The summed E-state index contributed by atoms with van der Waals surface area (Å²) in [4.78, 5) is 60.7. The summed E-state index contributed by atoms with van der Waals surface area (Å²) in [6.45, 7) is 1.66.